The Hall–Kier alpha value is -0.940. The van der Waals surface area contributed by atoms with E-state index in [1.54, 1.807) is 11.0 Å². The number of carbonyl (C=O) groups is 1. The molecular weight excluding hydrogens is 299 g/mol. The highest BCUT2D eigenvalue weighted by Gasteiger charge is 2.28. The fourth-order valence-corrected chi connectivity index (χ4v) is 2.45. The van der Waals surface area contributed by atoms with Crippen LogP contribution in [0.5, 0.6) is 0 Å². The second-order valence-electron chi connectivity index (χ2n) is 4.81. The van der Waals surface area contributed by atoms with Crippen molar-refractivity contribution >= 4 is 21.8 Å². The first kappa shape index (κ1) is 13.5. The highest BCUT2D eigenvalue weighted by atomic mass is 79.9. The van der Waals surface area contributed by atoms with Crippen molar-refractivity contribution in [3.8, 4) is 0 Å². The van der Waals surface area contributed by atoms with Crippen molar-refractivity contribution in [2.45, 2.75) is 19.4 Å². The third-order valence-corrected chi connectivity index (χ3v) is 3.96. The molecule has 1 fully saturated rings. The van der Waals surface area contributed by atoms with Gasteiger partial charge in [0.05, 0.1) is 5.56 Å². The topological polar surface area (TPSA) is 46.3 Å². The summed E-state index contributed by atoms with van der Waals surface area (Å²) in [6, 6.07) is 4.45. The van der Waals surface area contributed by atoms with Gasteiger partial charge < -0.3 is 10.6 Å². The third-order valence-electron chi connectivity index (χ3n) is 3.47. The Morgan fingerprint density at radius 1 is 1.56 bits per heavy atom. The number of rotatable bonds is 1. The van der Waals surface area contributed by atoms with Crippen molar-refractivity contribution in [3.63, 3.8) is 0 Å². The summed E-state index contributed by atoms with van der Waals surface area (Å²) in [6.45, 7) is 3.21. The van der Waals surface area contributed by atoms with Crippen LogP contribution in [0.25, 0.3) is 0 Å². The van der Waals surface area contributed by atoms with Crippen LogP contribution in [0.15, 0.2) is 22.7 Å². The van der Waals surface area contributed by atoms with Crippen LogP contribution in [0.3, 0.4) is 0 Å². The van der Waals surface area contributed by atoms with E-state index in [0.717, 1.165) is 6.42 Å². The second-order valence-corrected chi connectivity index (χ2v) is 5.72. The first-order chi connectivity index (χ1) is 8.49. The molecule has 5 heteroatoms. The summed E-state index contributed by atoms with van der Waals surface area (Å²) in [4.78, 5) is 13.8. The van der Waals surface area contributed by atoms with Crippen LogP contribution in [0.2, 0.25) is 0 Å². The Bertz CT molecular complexity index is 466. The van der Waals surface area contributed by atoms with Crippen molar-refractivity contribution in [1.82, 2.24) is 4.90 Å². The first-order valence-electron chi connectivity index (χ1n) is 5.99. The van der Waals surface area contributed by atoms with Crippen LogP contribution in [0.1, 0.15) is 23.7 Å². The zero-order valence-electron chi connectivity index (χ0n) is 10.2. The lowest BCUT2D eigenvalue weighted by Gasteiger charge is -2.35. The lowest BCUT2D eigenvalue weighted by Crippen LogP contribution is -2.49. The fourth-order valence-electron chi connectivity index (χ4n) is 2.12. The maximum atomic E-state index is 13.7. The van der Waals surface area contributed by atoms with Gasteiger partial charge in [0.1, 0.15) is 5.82 Å². The molecule has 0 radical (unpaired) electrons. The van der Waals surface area contributed by atoms with Gasteiger partial charge in [0.15, 0.2) is 0 Å². The SMILES string of the molecule is CC1CCN(C(=O)c2ccc(Br)cc2F)CC1N. The predicted octanol–water partition coefficient (Wildman–Crippen LogP) is 2.40. The number of halogens is 2. The maximum absolute atomic E-state index is 13.7. The van der Waals surface area contributed by atoms with Gasteiger partial charge in [-0.3, -0.25) is 4.79 Å². The summed E-state index contributed by atoms with van der Waals surface area (Å²) in [5.74, 6) is -0.368. The van der Waals surface area contributed by atoms with Crippen LogP contribution in [-0.4, -0.2) is 29.9 Å². The van der Waals surface area contributed by atoms with Crippen molar-refractivity contribution < 1.29 is 9.18 Å². The van der Waals surface area contributed by atoms with Gasteiger partial charge in [-0.25, -0.2) is 4.39 Å². The molecule has 1 aliphatic rings. The molecule has 1 heterocycles. The summed E-state index contributed by atoms with van der Waals surface area (Å²) < 4.78 is 14.3. The zero-order chi connectivity index (χ0) is 13.3. The highest BCUT2D eigenvalue weighted by Crippen LogP contribution is 2.20. The normalized spacial score (nSPS) is 24.1. The molecule has 1 aromatic carbocycles. The molecule has 1 aliphatic heterocycles. The number of benzene rings is 1. The van der Waals surface area contributed by atoms with Crippen LogP contribution in [0.4, 0.5) is 4.39 Å². The molecule has 1 amide bonds. The van der Waals surface area contributed by atoms with E-state index in [9.17, 15) is 9.18 Å². The average Bonchev–Trinajstić information content (AvgIpc) is 2.32. The van der Waals surface area contributed by atoms with Gasteiger partial charge in [0, 0.05) is 23.6 Å². The number of amides is 1. The van der Waals surface area contributed by atoms with E-state index in [2.05, 4.69) is 22.9 Å². The number of likely N-dealkylation sites (tertiary alicyclic amines) is 1. The predicted molar refractivity (Wildman–Crippen MR) is 71.8 cm³/mol. The van der Waals surface area contributed by atoms with E-state index in [-0.39, 0.29) is 17.5 Å². The van der Waals surface area contributed by atoms with E-state index in [4.69, 9.17) is 5.73 Å². The van der Waals surface area contributed by atoms with Crippen molar-refractivity contribution in [2.75, 3.05) is 13.1 Å². The van der Waals surface area contributed by atoms with Crippen LogP contribution >= 0.6 is 15.9 Å². The number of carbonyl (C=O) groups excluding carboxylic acids is 1. The van der Waals surface area contributed by atoms with E-state index >= 15 is 0 Å². The van der Waals surface area contributed by atoms with Gasteiger partial charge in [-0.1, -0.05) is 22.9 Å². The average molecular weight is 315 g/mol. The Labute approximate surface area is 114 Å². The standard InChI is InChI=1S/C13H16BrFN2O/c1-8-4-5-17(7-12(8)16)13(18)10-3-2-9(14)6-11(10)15/h2-3,6,8,12H,4-5,7,16H2,1H3. The Kier molecular flexibility index (Phi) is 4.02. The molecule has 0 aromatic heterocycles. The quantitative estimate of drug-likeness (QED) is 0.865. The molecule has 0 aliphatic carbocycles. The van der Waals surface area contributed by atoms with Gasteiger partial charge in [0.2, 0.25) is 0 Å². The Balaban J connectivity index is 2.16. The summed E-state index contributed by atoms with van der Waals surface area (Å²) in [6.07, 6.45) is 0.866. The van der Waals surface area contributed by atoms with E-state index in [1.807, 2.05) is 0 Å². The molecule has 2 unspecified atom stereocenters. The third kappa shape index (κ3) is 2.72. The minimum atomic E-state index is -0.499. The van der Waals surface area contributed by atoms with E-state index in [0.29, 0.717) is 23.5 Å². The zero-order valence-corrected chi connectivity index (χ0v) is 11.8. The molecule has 2 N–H and O–H groups in total. The molecule has 3 nitrogen and oxygen atoms in total. The molecule has 1 saturated heterocycles. The molecule has 18 heavy (non-hydrogen) atoms. The summed E-state index contributed by atoms with van der Waals surface area (Å²) >= 11 is 3.17. The molecule has 1 aromatic rings. The summed E-state index contributed by atoms with van der Waals surface area (Å²) in [5.41, 5.74) is 6.06. The molecule has 0 saturated carbocycles. The van der Waals surface area contributed by atoms with E-state index < -0.39 is 5.82 Å². The van der Waals surface area contributed by atoms with Gasteiger partial charge in [-0.15, -0.1) is 0 Å². The smallest absolute Gasteiger partial charge is 0.256 e. The molecular formula is C13H16BrFN2O. The van der Waals surface area contributed by atoms with Crippen molar-refractivity contribution in [3.05, 3.63) is 34.1 Å². The number of hydrogen-bond donors (Lipinski definition) is 1. The van der Waals surface area contributed by atoms with Gasteiger partial charge in [0.25, 0.3) is 5.91 Å². The minimum Gasteiger partial charge on any atom is -0.337 e. The van der Waals surface area contributed by atoms with Crippen molar-refractivity contribution in [1.29, 1.82) is 0 Å². The first-order valence-corrected chi connectivity index (χ1v) is 6.78. The van der Waals surface area contributed by atoms with Crippen LogP contribution in [-0.2, 0) is 0 Å². The van der Waals surface area contributed by atoms with Gasteiger partial charge in [-0.2, -0.15) is 0 Å². The number of hydrogen-bond acceptors (Lipinski definition) is 2. The lowest BCUT2D eigenvalue weighted by molar-refractivity contribution is 0.0667. The molecule has 0 bridgehead atoms. The van der Waals surface area contributed by atoms with Crippen molar-refractivity contribution in [2.24, 2.45) is 11.7 Å². The lowest BCUT2D eigenvalue weighted by atomic mass is 9.94. The molecule has 2 atom stereocenters. The van der Waals surface area contributed by atoms with Crippen LogP contribution in [0, 0.1) is 11.7 Å². The number of nitrogens with zero attached hydrogens (tertiary/aromatic N) is 1. The highest BCUT2D eigenvalue weighted by molar-refractivity contribution is 9.10. The van der Waals surface area contributed by atoms with Gasteiger partial charge >= 0.3 is 0 Å². The summed E-state index contributed by atoms with van der Waals surface area (Å²) in [7, 11) is 0. The Morgan fingerprint density at radius 3 is 2.89 bits per heavy atom. The fraction of sp³-hybridized carbons (Fsp3) is 0.462. The second kappa shape index (κ2) is 5.36. The Morgan fingerprint density at radius 2 is 2.28 bits per heavy atom. The van der Waals surface area contributed by atoms with E-state index in [1.165, 1.54) is 12.1 Å². The minimum absolute atomic E-state index is 0.0267. The largest absolute Gasteiger partial charge is 0.337 e. The molecule has 0 spiro atoms. The number of nitrogens with two attached hydrogens (primary N) is 1. The summed E-state index contributed by atoms with van der Waals surface area (Å²) in [5, 5.41) is 0. The monoisotopic (exact) mass is 314 g/mol. The molecule has 2 rings (SSSR count). The maximum Gasteiger partial charge on any atom is 0.256 e. The number of piperidine rings is 1. The molecule has 98 valence electrons. The van der Waals surface area contributed by atoms with Crippen LogP contribution < -0.4 is 5.73 Å². The van der Waals surface area contributed by atoms with Gasteiger partial charge in [-0.05, 0) is 30.5 Å².